The van der Waals surface area contributed by atoms with Crippen molar-refractivity contribution in [3.05, 3.63) is 29.0 Å². The highest BCUT2D eigenvalue weighted by Crippen LogP contribution is 2.30. The molecule has 92 valence electrons. The van der Waals surface area contributed by atoms with E-state index in [9.17, 15) is 4.39 Å². The lowest BCUT2D eigenvalue weighted by Crippen LogP contribution is -2.13. The van der Waals surface area contributed by atoms with Crippen molar-refractivity contribution in [3.8, 4) is 0 Å². The summed E-state index contributed by atoms with van der Waals surface area (Å²) in [5, 5.41) is 4.88. The van der Waals surface area contributed by atoms with E-state index in [1.165, 1.54) is 12.1 Å². The zero-order valence-electron chi connectivity index (χ0n) is 9.71. The number of nitrogens with one attached hydrogen (secondary N) is 1. The topological polar surface area (TPSA) is 24.4 Å². The van der Waals surface area contributed by atoms with Gasteiger partial charge < -0.3 is 5.32 Å². The van der Waals surface area contributed by atoms with Crippen LogP contribution in [0.2, 0.25) is 5.02 Å². The highest BCUT2D eigenvalue weighted by Gasteiger charge is 2.22. The van der Waals surface area contributed by atoms with E-state index in [2.05, 4.69) is 24.2 Å². The molecule has 0 amide bonds. The van der Waals surface area contributed by atoms with Gasteiger partial charge in [0, 0.05) is 5.25 Å². The maximum Gasteiger partial charge on any atom is 0.161 e. The van der Waals surface area contributed by atoms with Gasteiger partial charge >= 0.3 is 0 Å². The molecule has 17 heavy (non-hydrogen) atoms. The van der Waals surface area contributed by atoms with Crippen molar-refractivity contribution in [2.45, 2.75) is 19.1 Å². The lowest BCUT2D eigenvalue weighted by Gasteiger charge is -2.12. The van der Waals surface area contributed by atoms with Gasteiger partial charge in [0.15, 0.2) is 5.17 Å². The Labute approximate surface area is 110 Å². The van der Waals surface area contributed by atoms with Gasteiger partial charge in [0.05, 0.1) is 17.3 Å². The number of halogens is 2. The van der Waals surface area contributed by atoms with Crippen molar-refractivity contribution < 1.29 is 4.39 Å². The van der Waals surface area contributed by atoms with Crippen LogP contribution < -0.4 is 5.32 Å². The van der Waals surface area contributed by atoms with E-state index in [1.807, 2.05) is 0 Å². The second-order valence-electron chi connectivity index (χ2n) is 4.30. The Morgan fingerprint density at radius 2 is 2.29 bits per heavy atom. The second-order valence-corrected chi connectivity index (χ2v) is 5.93. The van der Waals surface area contributed by atoms with Crippen LogP contribution in [-0.4, -0.2) is 17.0 Å². The fourth-order valence-corrected chi connectivity index (χ4v) is 2.71. The molecule has 1 N–H and O–H groups in total. The fraction of sp³-hybridized carbons (Fsp3) is 0.417. The number of hydrogen-bond acceptors (Lipinski definition) is 3. The van der Waals surface area contributed by atoms with Crippen LogP contribution in [0.15, 0.2) is 23.2 Å². The van der Waals surface area contributed by atoms with Gasteiger partial charge in [-0.3, -0.25) is 4.99 Å². The zero-order valence-corrected chi connectivity index (χ0v) is 11.3. The Hall–Kier alpha value is -0.740. The summed E-state index contributed by atoms with van der Waals surface area (Å²) in [6.07, 6.45) is 0. The Balaban J connectivity index is 2.05. The summed E-state index contributed by atoms with van der Waals surface area (Å²) in [7, 11) is 0. The standard InChI is InChI=1S/C12H14ClFN2S/c1-7(2)11-6-15-12(17-11)16-10-5-8(14)3-4-9(10)13/h3-5,7,11H,6H2,1-2H3,(H,15,16). The number of amidine groups is 1. The molecule has 1 unspecified atom stereocenters. The van der Waals surface area contributed by atoms with Crippen molar-refractivity contribution in [1.82, 2.24) is 0 Å². The first-order valence-electron chi connectivity index (χ1n) is 5.49. The van der Waals surface area contributed by atoms with Crippen LogP contribution in [0.3, 0.4) is 0 Å². The van der Waals surface area contributed by atoms with E-state index in [-0.39, 0.29) is 5.82 Å². The molecule has 1 aliphatic heterocycles. The summed E-state index contributed by atoms with van der Waals surface area (Å²) in [6, 6.07) is 4.27. The van der Waals surface area contributed by atoms with Crippen LogP contribution in [0, 0.1) is 11.7 Å². The lowest BCUT2D eigenvalue weighted by molar-refractivity contribution is 0.621. The summed E-state index contributed by atoms with van der Waals surface area (Å²) in [5.74, 6) is 0.270. The molecular weight excluding hydrogens is 259 g/mol. The minimum Gasteiger partial charge on any atom is -0.334 e. The first-order chi connectivity index (χ1) is 8.06. The van der Waals surface area contributed by atoms with E-state index in [4.69, 9.17) is 11.6 Å². The minimum absolute atomic E-state index is 0.305. The van der Waals surface area contributed by atoms with Crippen LogP contribution >= 0.6 is 23.4 Å². The molecule has 1 aromatic carbocycles. The molecule has 0 aliphatic carbocycles. The zero-order chi connectivity index (χ0) is 12.4. The quantitative estimate of drug-likeness (QED) is 0.879. The van der Waals surface area contributed by atoms with E-state index < -0.39 is 0 Å². The molecule has 1 aromatic rings. The molecule has 2 nitrogen and oxygen atoms in total. The molecule has 0 bridgehead atoms. The van der Waals surface area contributed by atoms with Crippen molar-refractivity contribution >= 4 is 34.2 Å². The van der Waals surface area contributed by atoms with Gasteiger partial charge in [-0.25, -0.2) is 4.39 Å². The van der Waals surface area contributed by atoms with E-state index in [0.717, 1.165) is 11.7 Å². The smallest absolute Gasteiger partial charge is 0.161 e. The van der Waals surface area contributed by atoms with Gasteiger partial charge in [-0.05, 0) is 24.1 Å². The van der Waals surface area contributed by atoms with Crippen LogP contribution in [0.25, 0.3) is 0 Å². The summed E-state index contributed by atoms with van der Waals surface area (Å²) >= 11 is 7.67. The number of aliphatic imine (C=N–C) groups is 1. The number of nitrogens with zero attached hydrogens (tertiary/aromatic N) is 1. The highest BCUT2D eigenvalue weighted by molar-refractivity contribution is 8.15. The first kappa shape index (κ1) is 12.7. The van der Waals surface area contributed by atoms with E-state index >= 15 is 0 Å². The molecular formula is C12H14ClFN2S. The number of anilines is 1. The van der Waals surface area contributed by atoms with Crippen molar-refractivity contribution in [1.29, 1.82) is 0 Å². The van der Waals surface area contributed by atoms with Crippen LogP contribution in [0.4, 0.5) is 10.1 Å². The largest absolute Gasteiger partial charge is 0.334 e. The normalized spacial score (nSPS) is 19.6. The first-order valence-corrected chi connectivity index (χ1v) is 6.75. The van der Waals surface area contributed by atoms with Crippen LogP contribution in [0.1, 0.15) is 13.8 Å². The molecule has 0 aromatic heterocycles. The third kappa shape index (κ3) is 3.13. The number of benzene rings is 1. The van der Waals surface area contributed by atoms with Gasteiger partial charge in [0.2, 0.25) is 0 Å². The number of thioether (sulfide) groups is 1. The van der Waals surface area contributed by atoms with Crippen molar-refractivity contribution in [3.63, 3.8) is 0 Å². The maximum absolute atomic E-state index is 13.1. The monoisotopic (exact) mass is 272 g/mol. The third-order valence-corrected chi connectivity index (χ3v) is 4.37. The molecule has 1 heterocycles. The number of hydrogen-bond donors (Lipinski definition) is 1. The predicted molar refractivity (Wildman–Crippen MR) is 73.6 cm³/mol. The second kappa shape index (κ2) is 5.27. The van der Waals surface area contributed by atoms with Gasteiger partial charge in [-0.1, -0.05) is 37.2 Å². The van der Waals surface area contributed by atoms with Crippen molar-refractivity contribution in [2.75, 3.05) is 11.9 Å². The van der Waals surface area contributed by atoms with E-state index in [1.54, 1.807) is 17.8 Å². The summed E-state index contributed by atoms with van der Waals surface area (Å²) in [4.78, 5) is 4.39. The molecule has 2 rings (SSSR count). The van der Waals surface area contributed by atoms with Crippen molar-refractivity contribution in [2.24, 2.45) is 10.9 Å². The average Bonchev–Trinajstić information content (AvgIpc) is 2.72. The van der Waals surface area contributed by atoms with Gasteiger partial charge in [0.1, 0.15) is 5.82 Å². The fourth-order valence-electron chi connectivity index (χ4n) is 1.52. The molecule has 0 saturated heterocycles. The SMILES string of the molecule is CC(C)C1CN=C(Nc2cc(F)ccc2Cl)S1. The Morgan fingerprint density at radius 1 is 1.53 bits per heavy atom. The minimum atomic E-state index is -0.305. The molecule has 0 spiro atoms. The lowest BCUT2D eigenvalue weighted by atomic mass is 10.1. The highest BCUT2D eigenvalue weighted by atomic mass is 35.5. The average molecular weight is 273 g/mol. The summed E-state index contributed by atoms with van der Waals surface area (Å²) in [6.45, 7) is 5.15. The molecule has 1 aliphatic rings. The van der Waals surface area contributed by atoms with Gasteiger partial charge in [-0.2, -0.15) is 0 Å². The molecule has 0 radical (unpaired) electrons. The van der Waals surface area contributed by atoms with Crippen LogP contribution in [-0.2, 0) is 0 Å². The van der Waals surface area contributed by atoms with Gasteiger partial charge in [0.25, 0.3) is 0 Å². The Morgan fingerprint density at radius 3 is 2.94 bits per heavy atom. The van der Waals surface area contributed by atoms with Gasteiger partial charge in [-0.15, -0.1) is 0 Å². The van der Waals surface area contributed by atoms with E-state index in [0.29, 0.717) is 21.9 Å². The molecule has 0 fully saturated rings. The molecule has 0 saturated carbocycles. The van der Waals surface area contributed by atoms with Crippen LogP contribution in [0.5, 0.6) is 0 Å². The summed E-state index contributed by atoms with van der Waals surface area (Å²) < 4.78 is 13.1. The maximum atomic E-state index is 13.1. The Kier molecular flexibility index (Phi) is 3.94. The molecule has 5 heteroatoms. The molecule has 1 atom stereocenters. The third-order valence-electron chi connectivity index (χ3n) is 2.59. The number of rotatable bonds is 2. The summed E-state index contributed by atoms with van der Waals surface area (Å²) in [5.41, 5.74) is 0.572. The Bertz CT molecular complexity index is 448. The predicted octanol–water partition coefficient (Wildman–Crippen LogP) is 4.02.